The minimum Gasteiger partial charge on any atom is -0.446 e. The number of piperidine rings is 1. The summed E-state index contributed by atoms with van der Waals surface area (Å²) in [5.74, 6) is 0.383. The maximum Gasteiger partial charge on any atom is 0.410 e. The normalized spacial score (nSPS) is 30.4. The van der Waals surface area contributed by atoms with E-state index in [4.69, 9.17) is 10.5 Å². The molecule has 1 saturated carbocycles. The van der Waals surface area contributed by atoms with E-state index >= 15 is 0 Å². The molecule has 1 aliphatic heterocycles. The number of rotatable bonds is 2. The van der Waals surface area contributed by atoms with Crippen LogP contribution in [0.4, 0.5) is 4.79 Å². The zero-order valence-electron chi connectivity index (χ0n) is 9.86. The first-order valence-corrected chi connectivity index (χ1v) is 6.47. The lowest BCUT2D eigenvalue weighted by Gasteiger charge is -2.28. The molecule has 0 aromatic rings. The first-order chi connectivity index (χ1) is 7.81. The van der Waals surface area contributed by atoms with Gasteiger partial charge in [-0.05, 0) is 45.1 Å². The third-order valence-electron chi connectivity index (χ3n) is 3.76. The first kappa shape index (κ1) is 11.7. The van der Waals surface area contributed by atoms with Crippen molar-refractivity contribution >= 4 is 6.09 Å². The number of hydrogen-bond acceptors (Lipinski definition) is 3. The van der Waals surface area contributed by atoms with Crippen LogP contribution in [0.15, 0.2) is 0 Å². The predicted molar refractivity (Wildman–Crippen MR) is 62.1 cm³/mol. The molecule has 2 fully saturated rings. The predicted octanol–water partition coefficient (Wildman–Crippen LogP) is 1.74. The number of carbonyl (C=O) groups is 1. The maximum absolute atomic E-state index is 11.9. The van der Waals surface area contributed by atoms with Gasteiger partial charge in [0, 0.05) is 19.0 Å². The van der Waals surface area contributed by atoms with Crippen molar-refractivity contribution in [2.45, 2.75) is 44.6 Å². The number of amides is 1. The van der Waals surface area contributed by atoms with E-state index in [1.807, 2.05) is 4.90 Å². The smallest absolute Gasteiger partial charge is 0.410 e. The molecule has 0 spiro atoms. The number of ether oxygens (including phenoxy) is 1. The maximum atomic E-state index is 11.9. The average molecular weight is 226 g/mol. The monoisotopic (exact) mass is 226 g/mol. The van der Waals surface area contributed by atoms with Crippen molar-refractivity contribution in [3.8, 4) is 0 Å². The molecule has 0 aromatic heterocycles. The van der Waals surface area contributed by atoms with E-state index in [1.54, 1.807) is 0 Å². The summed E-state index contributed by atoms with van der Waals surface area (Å²) in [4.78, 5) is 13.7. The van der Waals surface area contributed by atoms with Crippen LogP contribution in [0.1, 0.15) is 38.5 Å². The van der Waals surface area contributed by atoms with E-state index in [0.29, 0.717) is 12.5 Å². The van der Waals surface area contributed by atoms with Gasteiger partial charge in [-0.25, -0.2) is 4.79 Å². The molecule has 2 N–H and O–H groups in total. The van der Waals surface area contributed by atoms with E-state index in [9.17, 15) is 4.79 Å². The topological polar surface area (TPSA) is 55.6 Å². The molecular weight excluding hydrogens is 204 g/mol. The Morgan fingerprint density at radius 3 is 2.62 bits per heavy atom. The van der Waals surface area contributed by atoms with Crippen molar-refractivity contribution in [1.82, 2.24) is 4.90 Å². The third-order valence-corrected chi connectivity index (χ3v) is 3.76. The van der Waals surface area contributed by atoms with Gasteiger partial charge in [0.2, 0.25) is 0 Å². The Balaban J connectivity index is 1.81. The largest absolute Gasteiger partial charge is 0.446 e. The van der Waals surface area contributed by atoms with Crippen LogP contribution in [0.5, 0.6) is 0 Å². The summed E-state index contributed by atoms with van der Waals surface area (Å²) in [7, 11) is 0. The summed E-state index contributed by atoms with van der Waals surface area (Å²) in [6, 6.07) is 0. The lowest BCUT2D eigenvalue weighted by Crippen LogP contribution is -2.39. The number of likely N-dealkylation sites (tertiary alicyclic amines) is 1. The summed E-state index contributed by atoms with van der Waals surface area (Å²) >= 11 is 0. The van der Waals surface area contributed by atoms with Crippen molar-refractivity contribution in [2.24, 2.45) is 11.7 Å². The molecule has 4 heteroatoms. The molecule has 1 amide bonds. The molecule has 1 heterocycles. The summed E-state index contributed by atoms with van der Waals surface area (Å²) < 4.78 is 5.56. The molecule has 0 radical (unpaired) electrons. The molecule has 1 aliphatic carbocycles. The van der Waals surface area contributed by atoms with Crippen LogP contribution in [0.2, 0.25) is 0 Å². The Labute approximate surface area is 97.1 Å². The highest BCUT2D eigenvalue weighted by Gasteiger charge is 2.31. The summed E-state index contributed by atoms with van der Waals surface area (Å²) in [6.45, 7) is 2.36. The van der Waals surface area contributed by atoms with Crippen molar-refractivity contribution in [3.63, 3.8) is 0 Å². The standard InChI is InChI=1S/C12H22N2O2/c13-9-10-5-4-6-11(10)16-12(15)14-7-2-1-3-8-14/h10-11H,1-9,13H2. The Morgan fingerprint density at radius 2 is 1.94 bits per heavy atom. The molecule has 1 saturated heterocycles. The van der Waals surface area contributed by atoms with Crippen molar-refractivity contribution in [2.75, 3.05) is 19.6 Å². The van der Waals surface area contributed by atoms with Crippen LogP contribution >= 0.6 is 0 Å². The van der Waals surface area contributed by atoms with Crippen LogP contribution in [0, 0.1) is 5.92 Å². The van der Waals surface area contributed by atoms with Crippen LogP contribution in [-0.2, 0) is 4.74 Å². The van der Waals surface area contributed by atoms with Gasteiger partial charge in [-0.1, -0.05) is 0 Å². The van der Waals surface area contributed by atoms with Gasteiger partial charge in [-0.15, -0.1) is 0 Å². The van der Waals surface area contributed by atoms with Gasteiger partial charge in [0.15, 0.2) is 0 Å². The van der Waals surface area contributed by atoms with Crippen LogP contribution in [-0.4, -0.2) is 36.7 Å². The van der Waals surface area contributed by atoms with E-state index in [1.165, 1.54) is 6.42 Å². The Morgan fingerprint density at radius 1 is 1.19 bits per heavy atom. The second kappa shape index (κ2) is 5.53. The highest BCUT2D eigenvalue weighted by Crippen LogP contribution is 2.28. The molecule has 92 valence electrons. The molecule has 16 heavy (non-hydrogen) atoms. The van der Waals surface area contributed by atoms with E-state index in [-0.39, 0.29) is 12.2 Å². The zero-order valence-corrected chi connectivity index (χ0v) is 9.86. The fourth-order valence-corrected chi connectivity index (χ4v) is 2.71. The molecule has 2 unspecified atom stereocenters. The molecular formula is C12H22N2O2. The van der Waals surface area contributed by atoms with Crippen molar-refractivity contribution < 1.29 is 9.53 Å². The van der Waals surface area contributed by atoms with Crippen molar-refractivity contribution in [3.05, 3.63) is 0 Å². The fourth-order valence-electron chi connectivity index (χ4n) is 2.71. The Hall–Kier alpha value is -0.770. The molecule has 2 atom stereocenters. The molecule has 0 bridgehead atoms. The molecule has 4 nitrogen and oxygen atoms in total. The average Bonchev–Trinajstić information content (AvgIpc) is 2.77. The third kappa shape index (κ3) is 2.67. The number of nitrogens with two attached hydrogens (primary N) is 1. The summed E-state index contributed by atoms with van der Waals surface area (Å²) in [6.07, 6.45) is 6.64. The molecule has 2 rings (SSSR count). The van der Waals surface area contributed by atoms with Gasteiger partial charge in [0.1, 0.15) is 6.10 Å². The van der Waals surface area contributed by atoms with E-state index < -0.39 is 0 Å². The lowest BCUT2D eigenvalue weighted by atomic mass is 10.1. The van der Waals surface area contributed by atoms with E-state index in [2.05, 4.69) is 0 Å². The SMILES string of the molecule is NCC1CCCC1OC(=O)N1CCCCC1. The fraction of sp³-hybridized carbons (Fsp3) is 0.917. The van der Waals surface area contributed by atoms with Crippen LogP contribution < -0.4 is 5.73 Å². The van der Waals surface area contributed by atoms with Gasteiger partial charge in [0.05, 0.1) is 0 Å². The Kier molecular flexibility index (Phi) is 4.04. The van der Waals surface area contributed by atoms with Gasteiger partial charge in [-0.3, -0.25) is 0 Å². The summed E-state index contributed by atoms with van der Waals surface area (Å²) in [5, 5.41) is 0. The number of nitrogens with zero attached hydrogens (tertiary/aromatic N) is 1. The number of hydrogen-bond donors (Lipinski definition) is 1. The van der Waals surface area contributed by atoms with Crippen LogP contribution in [0.3, 0.4) is 0 Å². The highest BCUT2D eigenvalue weighted by atomic mass is 16.6. The quantitative estimate of drug-likeness (QED) is 0.780. The molecule has 2 aliphatic rings. The second-order valence-electron chi connectivity index (χ2n) is 4.90. The highest BCUT2D eigenvalue weighted by molar-refractivity contribution is 5.68. The second-order valence-corrected chi connectivity index (χ2v) is 4.90. The first-order valence-electron chi connectivity index (χ1n) is 6.47. The Bertz CT molecular complexity index is 239. The number of carbonyl (C=O) groups excluding carboxylic acids is 1. The minimum absolute atomic E-state index is 0.0689. The van der Waals surface area contributed by atoms with Crippen molar-refractivity contribution in [1.29, 1.82) is 0 Å². The summed E-state index contributed by atoms with van der Waals surface area (Å²) in [5.41, 5.74) is 5.67. The zero-order chi connectivity index (χ0) is 11.4. The van der Waals surface area contributed by atoms with E-state index in [0.717, 1.165) is 45.2 Å². The lowest BCUT2D eigenvalue weighted by molar-refractivity contribution is 0.0431. The van der Waals surface area contributed by atoms with Gasteiger partial charge in [-0.2, -0.15) is 0 Å². The van der Waals surface area contributed by atoms with Gasteiger partial charge in [0.25, 0.3) is 0 Å². The van der Waals surface area contributed by atoms with Gasteiger partial charge >= 0.3 is 6.09 Å². The van der Waals surface area contributed by atoms with Crippen LogP contribution in [0.25, 0.3) is 0 Å². The minimum atomic E-state index is -0.120. The van der Waals surface area contributed by atoms with Gasteiger partial charge < -0.3 is 15.4 Å². The molecule has 0 aromatic carbocycles.